The largest absolute Gasteiger partial charge is 0.497 e. The number of carboxylic acids is 1. The number of nitrogens with one attached hydrogen (secondary N) is 1. The van der Waals surface area contributed by atoms with E-state index in [4.69, 9.17) is 9.84 Å². The van der Waals surface area contributed by atoms with Gasteiger partial charge in [-0.05, 0) is 47.6 Å². The molecule has 102 valence electrons. The molecule has 19 heavy (non-hydrogen) atoms. The fourth-order valence-electron chi connectivity index (χ4n) is 2.06. The molecule has 5 nitrogen and oxygen atoms in total. The van der Waals surface area contributed by atoms with Crippen LogP contribution in [0.3, 0.4) is 0 Å². The van der Waals surface area contributed by atoms with Gasteiger partial charge in [0.05, 0.1) is 24.6 Å². The number of hydrogen-bond acceptors (Lipinski definition) is 3. The molecule has 1 aliphatic rings. The van der Waals surface area contributed by atoms with Crippen molar-refractivity contribution in [2.45, 2.75) is 12.8 Å². The molecule has 1 fully saturated rings. The van der Waals surface area contributed by atoms with Crippen LogP contribution in [0.4, 0.5) is 5.69 Å². The van der Waals surface area contributed by atoms with Gasteiger partial charge >= 0.3 is 5.97 Å². The first-order chi connectivity index (χ1) is 9.02. The molecule has 2 unspecified atom stereocenters. The van der Waals surface area contributed by atoms with Crippen LogP contribution in [0.2, 0.25) is 0 Å². The summed E-state index contributed by atoms with van der Waals surface area (Å²) in [6.45, 7) is 0. The minimum absolute atomic E-state index is 0.232. The number of ether oxygens (including phenoxy) is 1. The van der Waals surface area contributed by atoms with E-state index in [-0.39, 0.29) is 5.91 Å². The topological polar surface area (TPSA) is 75.6 Å². The Balaban J connectivity index is 2.09. The first-order valence-corrected chi connectivity index (χ1v) is 6.98. The van der Waals surface area contributed by atoms with E-state index in [2.05, 4.69) is 27.9 Å². The number of amides is 1. The molecule has 1 amide bonds. The number of hydrogen-bond donors (Lipinski definition) is 2. The van der Waals surface area contributed by atoms with Gasteiger partial charge in [-0.15, -0.1) is 0 Å². The summed E-state index contributed by atoms with van der Waals surface area (Å²) < 4.78 is 5.99. The zero-order chi connectivity index (χ0) is 14.0. The standard InChI is InChI=1S/C13H14INO4/c1-19-7-2-5-10(14)11(6-7)15-12(16)8-3-4-9(8)13(17)18/h2,5-6,8-9H,3-4H2,1H3,(H,15,16)(H,17,18). The average Bonchev–Trinajstić information content (AvgIpc) is 2.29. The van der Waals surface area contributed by atoms with Crippen molar-refractivity contribution in [2.24, 2.45) is 11.8 Å². The Hall–Kier alpha value is -1.31. The maximum atomic E-state index is 12.0. The number of carboxylic acid groups (broad SMARTS) is 1. The maximum absolute atomic E-state index is 12.0. The number of carbonyl (C=O) groups is 2. The van der Waals surface area contributed by atoms with Gasteiger partial charge in [0, 0.05) is 9.64 Å². The van der Waals surface area contributed by atoms with Crippen molar-refractivity contribution in [3.05, 3.63) is 21.8 Å². The lowest BCUT2D eigenvalue weighted by atomic mass is 9.73. The quantitative estimate of drug-likeness (QED) is 0.793. The van der Waals surface area contributed by atoms with Crippen molar-refractivity contribution in [2.75, 3.05) is 12.4 Å². The Bertz CT molecular complexity index is 517. The summed E-state index contributed by atoms with van der Waals surface area (Å²) in [5.74, 6) is -1.46. The molecule has 1 aromatic rings. The monoisotopic (exact) mass is 375 g/mol. The molecule has 2 rings (SSSR count). The Labute approximate surface area is 124 Å². The molecule has 0 saturated heterocycles. The zero-order valence-electron chi connectivity index (χ0n) is 10.4. The third kappa shape index (κ3) is 2.99. The summed E-state index contributed by atoms with van der Waals surface area (Å²) in [5.41, 5.74) is 0.654. The minimum atomic E-state index is -0.897. The van der Waals surface area contributed by atoms with E-state index in [0.717, 1.165) is 3.57 Å². The van der Waals surface area contributed by atoms with Crippen molar-refractivity contribution in [1.29, 1.82) is 0 Å². The highest BCUT2D eigenvalue weighted by atomic mass is 127. The fourth-order valence-corrected chi connectivity index (χ4v) is 2.53. The van der Waals surface area contributed by atoms with Gasteiger partial charge in [-0.25, -0.2) is 0 Å². The van der Waals surface area contributed by atoms with Crippen LogP contribution in [-0.2, 0) is 9.59 Å². The number of rotatable bonds is 4. The van der Waals surface area contributed by atoms with E-state index in [9.17, 15) is 9.59 Å². The van der Waals surface area contributed by atoms with Crippen LogP contribution in [0.25, 0.3) is 0 Å². The Kier molecular flexibility index (Phi) is 4.28. The molecule has 0 bridgehead atoms. The number of anilines is 1. The molecule has 0 heterocycles. The van der Waals surface area contributed by atoms with Crippen molar-refractivity contribution < 1.29 is 19.4 Å². The van der Waals surface area contributed by atoms with Gasteiger partial charge in [-0.2, -0.15) is 0 Å². The number of methoxy groups -OCH3 is 1. The molecule has 6 heteroatoms. The molecular formula is C13H14INO4. The van der Waals surface area contributed by atoms with Crippen LogP contribution >= 0.6 is 22.6 Å². The predicted octanol–water partition coefficient (Wildman–Crippen LogP) is 2.35. The van der Waals surface area contributed by atoms with Gasteiger partial charge in [0.2, 0.25) is 5.91 Å². The maximum Gasteiger partial charge on any atom is 0.307 e. The van der Waals surface area contributed by atoms with E-state index in [1.165, 1.54) is 0 Å². The highest BCUT2D eigenvalue weighted by molar-refractivity contribution is 14.1. The van der Waals surface area contributed by atoms with Crippen LogP contribution in [0.1, 0.15) is 12.8 Å². The molecule has 0 aromatic heterocycles. The lowest BCUT2D eigenvalue weighted by molar-refractivity contribution is -0.151. The van der Waals surface area contributed by atoms with Crippen molar-refractivity contribution in [1.82, 2.24) is 0 Å². The number of aliphatic carboxylic acids is 1. The van der Waals surface area contributed by atoms with Gasteiger partial charge in [-0.3, -0.25) is 9.59 Å². The first-order valence-electron chi connectivity index (χ1n) is 5.90. The van der Waals surface area contributed by atoms with Crippen molar-refractivity contribution >= 4 is 40.2 Å². The summed E-state index contributed by atoms with van der Waals surface area (Å²) >= 11 is 2.11. The van der Waals surface area contributed by atoms with Gasteiger partial charge in [0.15, 0.2) is 0 Å². The van der Waals surface area contributed by atoms with Crippen molar-refractivity contribution in [3.63, 3.8) is 0 Å². The van der Waals surface area contributed by atoms with E-state index < -0.39 is 17.8 Å². The fraction of sp³-hybridized carbons (Fsp3) is 0.385. The Morgan fingerprint density at radius 2 is 2.05 bits per heavy atom. The molecular weight excluding hydrogens is 361 g/mol. The number of benzene rings is 1. The highest BCUT2D eigenvalue weighted by Crippen LogP contribution is 2.36. The third-order valence-corrected chi connectivity index (χ3v) is 4.30. The molecule has 0 radical (unpaired) electrons. The lowest BCUT2D eigenvalue weighted by Gasteiger charge is -2.32. The second-order valence-corrected chi connectivity index (χ2v) is 5.63. The Morgan fingerprint density at radius 1 is 1.37 bits per heavy atom. The molecule has 1 aliphatic carbocycles. The normalized spacial score (nSPS) is 21.4. The third-order valence-electron chi connectivity index (χ3n) is 3.36. The smallest absolute Gasteiger partial charge is 0.307 e. The average molecular weight is 375 g/mol. The highest BCUT2D eigenvalue weighted by Gasteiger charge is 2.41. The molecule has 1 saturated carbocycles. The van der Waals surface area contributed by atoms with Gasteiger partial charge in [0.25, 0.3) is 0 Å². The second-order valence-electron chi connectivity index (χ2n) is 4.46. The van der Waals surface area contributed by atoms with E-state index in [1.807, 2.05) is 6.07 Å². The van der Waals surface area contributed by atoms with Crippen molar-refractivity contribution in [3.8, 4) is 5.75 Å². The minimum Gasteiger partial charge on any atom is -0.497 e. The molecule has 1 aromatic carbocycles. The van der Waals surface area contributed by atoms with E-state index in [0.29, 0.717) is 24.3 Å². The van der Waals surface area contributed by atoms with Crippen LogP contribution in [0.5, 0.6) is 5.75 Å². The van der Waals surface area contributed by atoms with Crippen LogP contribution in [0.15, 0.2) is 18.2 Å². The van der Waals surface area contributed by atoms with Gasteiger partial charge in [-0.1, -0.05) is 0 Å². The molecule has 2 N–H and O–H groups in total. The van der Waals surface area contributed by atoms with Gasteiger partial charge < -0.3 is 15.2 Å². The second kappa shape index (κ2) is 5.77. The summed E-state index contributed by atoms with van der Waals surface area (Å²) in [6.07, 6.45) is 1.20. The molecule has 2 atom stereocenters. The van der Waals surface area contributed by atoms with Crippen LogP contribution < -0.4 is 10.1 Å². The number of carbonyl (C=O) groups excluding carboxylic acids is 1. The summed E-state index contributed by atoms with van der Waals surface area (Å²) in [6, 6.07) is 5.37. The molecule has 0 aliphatic heterocycles. The lowest BCUT2D eigenvalue weighted by Crippen LogP contribution is -2.41. The first kappa shape index (κ1) is 14.1. The van der Waals surface area contributed by atoms with Gasteiger partial charge in [0.1, 0.15) is 5.75 Å². The Morgan fingerprint density at radius 3 is 2.58 bits per heavy atom. The van der Waals surface area contributed by atoms with Crippen LogP contribution in [-0.4, -0.2) is 24.1 Å². The molecule has 0 spiro atoms. The predicted molar refractivity (Wildman–Crippen MR) is 78.2 cm³/mol. The van der Waals surface area contributed by atoms with E-state index >= 15 is 0 Å². The summed E-state index contributed by atoms with van der Waals surface area (Å²) in [7, 11) is 1.56. The SMILES string of the molecule is COc1ccc(I)c(NC(=O)C2CCC2C(=O)O)c1. The number of halogens is 1. The zero-order valence-corrected chi connectivity index (χ0v) is 12.5. The summed E-state index contributed by atoms with van der Waals surface area (Å²) in [5, 5.41) is 11.7. The summed E-state index contributed by atoms with van der Waals surface area (Å²) in [4.78, 5) is 23.0. The van der Waals surface area contributed by atoms with E-state index in [1.54, 1.807) is 19.2 Å². The van der Waals surface area contributed by atoms with Crippen LogP contribution in [0, 0.1) is 15.4 Å².